The molecule has 0 spiro atoms. The molecule has 0 N–H and O–H groups in total. The van der Waals surface area contributed by atoms with Crippen molar-refractivity contribution in [2.45, 2.75) is 0 Å². The molecule has 0 unspecified atom stereocenters. The molecule has 4 aromatic heterocycles. The predicted molar refractivity (Wildman–Crippen MR) is 199 cm³/mol. The van der Waals surface area contributed by atoms with Gasteiger partial charge in [0, 0.05) is 50.0 Å². The highest BCUT2D eigenvalue weighted by Gasteiger charge is 2.20. The Hall–Kier alpha value is -6.92. The summed E-state index contributed by atoms with van der Waals surface area (Å²) in [5.41, 5.74) is 9.74. The van der Waals surface area contributed by atoms with Gasteiger partial charge in [-0.25, -0.2) is 15.0 Å². The summed E-state index contributed by atoms with van der Waals surface area (Å²) in [6.07, 6.45) is 1.81. The van der Waals surface area contributed by atoms with E-state index in [1.807, 2.05) is 91.0 Å². The molecule has 0 saturated carbocycles. The van der Waals surface area contributed by atoms with Crippen molar-refractivity contribution in [3.63, 3.8) is 0 Å². The monoisotopic (exact) mass is 642 g/mol. The summed E-state index contributed by atoms with van der Waals surface area (Å²) in [7, 11) is 0. The summed E-state index contributed by atoms with van der Waals surface area (Å²) in [6, 6.07) is 51.0. The number of furan rings is 2. The van der Waals surface area contributed by atoms with Crippen molar-refractivity contribution in [2.24, 2.45) is 0 Å². The van der Waals surface area contributed by atoms with Crippen LogP contribution in [0.25, 0.3) is 100 Å². The Morgan fingerprint density at radius 1 is 0.360 bits per heavy atom. The van der Waals surface area contributed by atoms with Crippen molar-refractivity contribution in [3.05, 3.63) is 158 Å². The molecule has 0 saturated heterocycles. The van der Waals surface area contributed by atoms with E-state index in [9.17, 15) is 0 Å². The fraction of sp³-hybridized carbons (Fsp3) is 0. The summed E-state index contributed by atoms with van der Waals surface area (Å²) < 4.78 is 12.5. The maximum atomic E-state index is 6.25. The van der Waals surface area contributed by atoms with Crippen molar-refractivity contribution in [2.75, 3.05) is 0 Å². The van der Waals surface area contributed by atoms with E-state index in [2.05, 4.69) is 60.7 Å². The van der Waals surface area contributed by atoms with Gasteiger partial charge in [0.15, 0.2) is 17.5 Å². The SMILES string of the molecule is c1ccc(-c2ccc(-c3nc(-c4ccc5c(c4)oc4ccccc45)nc(-c4cccnc4-c4cccc5oc6ccccc6c45)n3)cc2)cc1. The molecule has 6 aromatic carbocycles. The number of fused-ring (bicyclic) bond motifs is 6. The first kappa shape index (κ1) is 28.1. The van der Waals surface area contributed by atoms with Crippen LogP contribution in [0.5, 0.6) is 0 Å². The molecule has 234 valence electrons. The third-order valence-electron chi connectivity index (χ3n) is 9.23. The molecule has 0 aliphatic rings. The molecule has 6 heteroatoms. The molecular weight excluding hydrogens is 617 g/mol. The Kier molecular flexibility index (Phi) is 6.39. The van der Waals surface area contributed by atoms with Gasteiger partial charge in [-0.05, 0) is 53.6 Å². The average molecular weight is 643 g/mol. The summed E-state index contributed by atoms with van der Waals surface area (Å²) in [6.45, 7) is 0. The van der Waals surface area contributed by atoms with Crippen LogP contribution in [0.1, 0.15) is 0 Å². The highest BCUT2D eigenvalue weighted by molar-refractivity contribution is 6.13. The third kappa shape index (κ3) is 4.65. The first-order valence-corrected chi connectivity index (χ1v) is 16.5. The summed E-state index contributed by atoms with van der Waals surface area (Å²) >= 11 is 0. The van der Waals surface area contributed by atoms with Crippen molar-refractivity contribution in [3.8, 4) is 56.5 Å². The second kappa shape index (κ2) is 11.4. The van der Waals surface area contributed by atoms with Crippen LogP contribution in [0.3, 0.4) is 0 Å². The minimum absolute atomic E-state index is 0.523. The molecule has 0 aliphatic carbocycles. The van der Waals surface area contributed by atoms with Gasteiger partial charge < -0.3 is 8.83 Å². The van der Waals surface area contributed by atoms with Crippen LogP contribution in [0, 0.1) is 0 Å². The topological polar surface area (TPSA) is 77.8 Å². The zero-order chi connectivity index (χ0) is 33.0. The van der Waals surface area contributed by atoms with Crippen LogP contribution in [-0.2, 0) is 0 Å². The van der Waals surface area contributed by atoms with Gasteiger partial charge in [-0.15, -0.1) is 0 Å². The zero-order valence-corrected chi connectivity index (χ0v) is 26.6. The second-order valence-corrected chi connectivity index (χ2v) is 12.2. The Morgan fingerprint density at radius 2 is 0.940 bits per heavy atom. The normalized spacial score (nSPS) is 11.6. The van der Waals surface area contributed by atoms with Crippen molar-refractivity contribution >= 4 is 43.9 Å². The number of nitrogens with zero attached hydrogens (tertiary/aromatic N) is 4. The number of rotatable bonds is 5. The van der Waals surface area contributed by atoms with E-state index in [0.717, 1.165) is 83.0 Å². The molecule has 0 amide bonds. The van der Waals surface area contributed by atoms with Crippen LogP contribution < -0.4 is 0 Å². The first-order chi connectivity index (χ1) is 24.8. The Bertz CT molecular complexity index is 2870. The minimum Gasteiger partial charge on any atom is -0.456 e. The predicted octanol–water partition coefficient (Wildman–Crippen LogP) is 11.4. The number of hydrogen-bond donors (Lipinski definition) is 0. The van der Waals surface area contributed by atoms with E-state index >= 15 is 0 Å². The maximum absolute atomic E-state index is 6.25. The van der Waals surface area contributed by atoms with Gasteiger partial charge in [-0.1, -0.05) is 109 Å². The average Bonchev–Trinajstić information content (AvgIpc) is 3.76. The smallest absolute Gasteiger partial charge is 0.166 e. The highest BCUT2D eigenvalue weighted by atomic mass is 16.3. The molecule has 0 radical (unpaired) electrons. The summed E-state index contributed by atoms with van der Waals surface area (Å²) in [5.74, 6) is 1.63. The molecule has 0 atom stereocenters. The molecule has 6 nitrogen and oxygen atoms in total. The lowest BCUT2D eigenvalue weighted by Crippen LogP contribution is -2.02. The third-order valence-corrected chi connectivity index (χ3v) is 9.23. The number of para-hydroxylation sites is 2. The fourth-order valence-electron chi connectivity index (χ4n) is 6.83. The van der Waals surface area contributed by atoms with E-state index in [1.165, 1.54) is 0 Å². The van der Waals surface area contributed by atoms with Gasteiger partial charge >= 0.3 is 0 Å². The highest BCUT2D eigenvalue weighted by Crippen LogP contribution is 2.40. The second-order valence-electron chi connectivity index (χ2n) is 12.2. The Morgan fingerprint density at radius 3 is 1.78 bits per heavy atom. The lowest BCUT2D eigenvalue weighted by atomic mass is 9.99. The quantitative estimate of drug-likeness (QED) is 0.186. The van der Waals surface area contributed by atoms with Crippen molar-refractivity contribution in [1.82, 2.24) is 19.9 Å². The molecule has 10 rings (SSSR count). The number of aromatic nitrogens is 4. The van der Waals surface area contributed by atoms with Gasteiger partial charge in [0.1, 0.15) is 22.3 Å². The minimum atomic E-state index is 0.523. The van der Waals surface area contributed by atoms with Crippen molar-refractivity contribution in [1.29, 1.82) is 0 Å². The largest absolute Gasteiger partial charge is 0.456 e. The van der Waals surface area contributed by atoms with Gasteiger partial charge in [0.25, 0.3) is 0 Å². The molecule has 50 heavy (non-hydrogen) atoms. The Labute approximate surface area is 286 Å². The Balaban J connectivity index is 1.18. The number of hydrogen-bond acceptors (Lipinski definition) is 6. The molecule has 0 bridgehead atoms. The van der Waals surface area contributed by atoms with Crippen LogP contribution in [0.4, 0.5) is 0 Å². The number of benzene rings is 6. The van der Waals surface area contributed by atoms with E-state index in [1.54, 1.807) is 6.20 Å². The molecule has 0 aliphatic heterocycles. The van der Waals surface area contributed by atoms with E-state index in [0.29, 0.717) is 17.5 Å². The first-order valence-electron chi connectivity index (χ1n) is 16.5. The standard InChI is InChI=1S/C44H26N4O2/c1-2-10-27(11-3-1)28-19-21-29(22-20-28)42-46-43(30-23-24-32-31-12-4-6-16-36(31)50-39(32)26-30)48-44(47-42)35-15-9-25-45-41(35)34-14-8-18-38-40(34)33-13-5-7-17-37(33)49-38/h1-26H. The lowest BCUT2D eigenvalue weighted by Gasteiger charge is -2.12. The summed E-state index contributed by atoms with van der Waals surface area (Å²) in [4.78, 5) is 20.2. The summed E-state index contributed by atoms with van der Waals surface area (Å²) in [5, 5.41) is 4.16. The van der Waals surface area contributed by atoms with E-state index < -0.39 is 0 Å². The molecule has 10 aromatic rings. The maximum Gasteiger partial charge on any atom is 0.166 e. The van der Waals surface area contributed by atoms with Crippen LogP contribution in [0.15, 0.2) is 167 Å². The lowest BCUT2D eigenvalue weighted by molar-refractivity contribution is 0.668. The van der Waals surface area contributed by atoms with Crippen molar-refractivity contribution < 1.29 is 8.83 Å². The van der Waals surface area contributed by atoms with Crippen LogP contribution >= 0.6 is 0 Å². The van der Waals surface area contributed by atoms with Crippen LogP contribution in [0.2, 0.25) is 0 Å². The van der Waals surface area contributed by atoms with Gasteiger partial charge in [0.2, 0.25) is 0 Å². The molecule has 0 fully saturated rings. The van der Waals surface area contributed by atoms with Gasteiger partial charge in [-0.2, -0.15) is 0 Å². The fourth-order valence-corrected chi connectivity index (χ4v) is 6.83. The van der Waals surface area contributed by atoms with E-state index in [-0.39, 0.29) is 0 Å². The van der Waals surface area contributed by atoms with Gasteiger partial charge in [0.05, 0.1) is 5.69 Å². The van der Waals surface area contributed by atoms with Crippen LogP contribution in [-0.4, -0.2) is 19.9 Å². The van der Waals surface area contributed by atoms with Gasteiger partial charge in [-0.3, -0.25) is 4.98 Å². The van der Waals surface area contributed by atoms with E-state index in [4.69, 9.17) is 28.8 Å². The number of pyridine rings is 1. The molecular formula is C44H26N4O2. The zero-order valence-electron chi connectivity index (χ0n) is 26.6. The molecule has 4 heterocycles.